The second-order valence-corrected chi connectivity index (χ2v) is 7.93. The number of nitrogens with one attached hydrogen (secondary N) is 2. The van der Waals surface area contributed by atoms with Crippen molar-refractivity contribution in [1.82, 2.24) is 25.4 Å². The maximum absolute atomic E-state index is 12.1. The van der Waals surface area contributed by atoms with Gasteiger partial charge in [0.1, 0.15) is 5.82 Å². The van der Waals surface area contributed by atoms with E-state index < -0.39 is 0 Å². The third kappa shape index (κ3) is 5.30. The predicted molar refractivity (Wildman–Crippen MR) is 97.7 cm³/mol. The van der Waals surface area contributed by atoms with Crippen LogP contribution in [0.5, 0.6) is 0 Å². The van der Waals surface area contributed by atoms with Crippen LogP contribution in [0.4, 0.5) is 0 Å². The summed E-state index contributed by atoms with van der Waals surface area (Å²) < 4.78 is 0. The quantitative estimate of drug-likeness (QED) is 0.745. The molecule has 3 rings (SSSR count). The molecular formula is C16H21N5O2S2. The van der Waals surface area contributed by atoms with Crippen LogP contribution in [0.2, 0.25) is 0 Å². The Morgan fingerprint density at radius 1 is 1.44 bits per heavy atom. The summed E-state index contributed by atoms with van der Waals surface area (Å²) in [6.07, 6.45) is 2.34. The van der Waals surface area contributed by atoms with Gasteiger partial charge < -0.3 is 10.2 Å². The monoisotopic (exact) mass is 379 g/mol. The molecule has 0 radical (unpaired) electrons. The fourth-order valence-electron chi connectivity index (χ4n) is 2.74. The lowest BCUT2D eigenvalue weighted by Crippen LogP contribution is -2.46. The van der Waals surface area contributed by atoms with Gasteiger partial charge in [0.25, 0.3) is 0 Å². The molecule has 9 heteroatoms. The first-order valence-corrected chi connectivity index (χ1v) is 10.1. The SMILES string of the molecule is CC(=O)N1CCC(NC(=O)CSc2n[nH]c(Cc3cccs3)n2)CC1. The van der Waals surface area contributed by atoms with Crippen molar-refractivity contribution >= 4 is 34.9 Å². The zero-order valence-corrected chi connectivity index (χ0v) is 15.7. The summed E-state index contributed by atoms with van der Waals surface area (Å²) in [5.74, 6) is 1.18. The zero-order valence-electron chi connectivity index (χ0n) is 14.0. The van der Waals surface area contributed by atoms with E-state index in [1.165, 1.54) is 16.6 Å². The number of thiophene rings is 1. The second-order valence-electron chi connectivity index (χ2n) is 5.96. The summed E-state index contributed by atoms with van der Waals surface area (Å²) in [5, 5.41) is 12.7. The average molecular weight is 380 g/mol. The van der Waals surface area contributed by atoms with Gasteiger partial charge in [-0.2, -0.15) is 0 Å². The summed E-state index contributed by atoms with van der Waals surface area (Å²) >= 11 is 3.01. The highest BCUT2D eigenvalue weighted by atomic mass is 32.2. The number of H-pyrrole nitrogens is 1. The molecule has 0 atom stereocenters. The molecule has 7 nitrogen and oxygen atoms in total. The van der Waals surface area contributed by atoms with Crippen molar-refractivity contribution in [2.45, 2.75) is 37.4 Å². The number of hydrogen-bond acceptors (Lipinski definition) is 6. The van der Waals surface area contributed by atoms with E-state index in [0.717, 1.165) is 25.1 Å². The highest BCUT2D eigenvalue weighted by molar-refractivity contribution is 7.99. The first-order chi connectivity index (χ1) is 12.1. The van der Waals surface area contributed by atoms with Crippen LogP contribution in [0.25, 0.3) is 0 Å². The van der Waals surface area contributed by atoms with Gasteiger partial charge in [-0.25, -0.2) is 4.98 Å². The number of piperidine rings is 1. The Kier molecular flexibility index (Phi) is 6.09. The Morgan fingerprint density at radius 2 is 2.24 bits per heavy atom. The van der Waals surface area contributed by atoms with Crippen LogP contribution in [0.15, 0.2) is 22.7 Å². The molecule has 1 aliphatic rings. The molecule has 25 heavy (non-hydrogen) atoms. The number of hydrogen-bond donors (Lipinski definition) is 2. The van der Waals surface area contributed by atoms with Crippen molar-refractivity contribution in [3.63, 3.8) is 0 Å². The molecule has 0 bridgehead atoms. The summed E-state index contributed by atoms with van der Waals surface area (Å²) in [7, 11) is 0. The largest absolute Gasteiger partial charge is 0.353 e. The van der Waals surface area contributed by atoms with Crippen molar-refractivity contribution < 1.29 is 9.59 Å². The van der Waals surface area contributed by atoms with Crippen LogP contribution < -0.4 is 5.32 Å². The Morgan fingerprint density at radius 3 is 2.92 bits per heavy atom. The molecular weight excluding hydrogens is 358 g/mol. The van der Waals surface area contributed by atoms with Crippen molar-refractivity contribution in [1.29, 1.82) is 0 Å². The number of aromatic amines is 1. The van der Waals surface area contributed by atoms with Gasteiger partial charge in [0.15, 0.2) is 0 Å². The molecule has 2 aromatic heterocycles. The molecule has 2 amide bonds. The van der Waals surface area contributed by atoms with E-state index in [1.54, 1.807) is 18.3 Å². The Hall–Kier alpha value is -1.87. The number of carbonyl (C=O) groups excluding carboxylic acids is 2. The van der Waals surface area contributed by atoms with Gasteiger partial charge in [0, 0.05) is 37.4 Å². The van der Waals surface area contributed by atoms with Gasteiger partial charge in [-0.05, 0) is 24.3 Å². The maximum atomic E-state index is 12.1. The van der Waals surface area contributed by atoms with Crippen LogP contribution in [0, 0.1) is 0 Å². The summed E-state index contributed by atoms with van der Waals surface area (Å²) in [6.45, 7) is 3.00. The second kappa shape index (κ2) is 8.48. The van der Waals surface area contributed by atoms with E-state index in [1.807, 2.05) is 16.3 Å². The van der Waals surface area contributed by atoms with Crippen molar-refractivity contribution in [3.05, 3.63) is 28.2 Å². The van der Waals surface area contributed by atoms with E-state index in [0.29, 0.717) is 24.0 Å². The number of nitrogens with zero attached hydrogens (tertiary/aromatic N) is 3. The molecule has 1 fully saturated rings. The number of carbonyl (C=O) groups is 2. The van der Waals surface area contributed by atoms with Crippen LogP contribution >= 0.6 is 23.1 Å². The summed E-state index contributed by atoms with van der Waals surface area (Å²) in [5.41, 5.74) is 0. The topological polar surface area (TPSA) is 91.0 Å². The predicted octanol–water partition coefficient (Wildman–Crippen LogP) is 1.68. The van der Waals surface area contributed by atoms with Gasteiger partial charge in [0.05, 0.1) is 5.75 Å². The first kappa shape index (κ1) is 17.9. The van der Waals surface area contributed by atoms with Crippen LogP contribution in [-0.4, -0.2) is 56.8 Å². The fourth-order valence-corrected chi connectivity index (χ4v) is 4.08. The van der Waals surface area contributed by atoms with Crippen LogP contribution in [0.3, 0.4) is 0 Å². The number of rotatable bonds is 6. The Balaban J connectivity index is 1.39. The highest BCUT2D eigenvalue weighted by Crippen LogP contribution is 2.16. The lowest BCUT2D eigenvalue weighted by molar-refractivity contribution is -0.130. The first-order valence-electron chi connectivity index (χ1n) is 8.21. The van der Waals surface area contributed by atoms with Crippen molar-refractivity contribution in [2.75, 3.05) is 18.8 Å². The van der Waals surface area contributed by atoms with E-state index in [-0.39, 0.29) is 17.9 Å². The molecule has 3 heterocycles. The molecule has 0 unspecified atom stereocenters. The van der Waals surface area contributed by atoms with Crippen LogP contribution in [0.1, 0.15) is 30.5 Å². The van der Waals surface area contributed by atoms with Gasteiger partial charge >= 0.3 is 0 Å². The number of likely N-dealkylation sites (tertiary alicyclic amines) is 1. The standard InChI is InChI=1S/C16H21N5O2S2/c1-11(22)21-6-4-12(5-7-21)17-15(23)10-25-16-18-14(19-20-16)9-13-3-2-8-24-13/h2-3,8,12H,4-7,9-10H2,1H3,(H,17,23)(H,18,19,20). The molecule has 0 spiro atoms. The third-order valence-electron chi connectivity index (χ3n) is 4.07. The molecule has 0 saturated carbocycles. The molecule has 1 aliphatic heterocycles. The average Bonchev–Trinajstić information content (AvgIpc) is 3.26. The summed E-state index contributed by atoms with van der Waals surface area (Å²) in [6, 6.07) is 4.22. The zero-order chi connectivity index (χ0) is 17.6. The van der Waals surface area contributed by atoms with Gasteiger partial charge in [-0.15, -0.1) is 16.4 Å². The lowest BCUT2D eigenvalue weighted by atomic mass is 10.1. The van der Waals surface area contributed by atoms with E-state index in [4.69, 9.17) is 0 Å². The minimum absolute atomic E-state index is 0.0177. The van der Waals surface area contributed by atoms with E-state index >= 15 is 0 Å². The van der Waals surface area contributed by atoms with Gasteiger partial charge in [-0.1, -0.05) is 17.8 Å². The number of thioether (sulfide) groups is 1. The van der Waals surface area contributed by atoms with Crippen molar-refractivity contribution in [3.8, 4) is 0 Å². The minimum Gasteiger partial charge on any atom is -0.353 e. The third-order valence-corrected chi connectivity index (χ3v) is 5.79. The molecule has 134 valence electrons. The van der Waals surface area contributed by atoms with Crippen LogP contribution in [-0.2, 0) is 16.0 Å². The Bertz CT molecular complexity index is 708. The molecule has 2 N–H and O–H groups in total. The molecule has 1 saturated heterocycles. The molecule has 2 aromatic rings. The lowest BCUT2D eigenvalue weighted by Gasteiger charge is -2.31. The van der Waals surface area contributed by atoms with Gasteiger partial charge in [-0.3, -0.25) is 14.7 Å². The normalized spacial score (nSPS) is 15.3. The summed E-state index contributed by atoms with van der Waals surface area (Å²) in [4.78, 5) is 30.9. The van der Waals surface area contributed by atoms with E-state index in [2.05, 4.69) is 26.6 Å². The van der Waals surface area contributed by atoms with Crippen molar-refractivity contribution in [2.24, 2.45) is 0 Å². The van der Waals surface area contributed by atoms with Gasteiger partial charge in [0.2, 0.25) is 17.0 Å². The highest BCUT2D eigenvalue weighted by Gasteiger charge is 2.22. The maximum Gasteiger partial charge on any atom is 0.230 e. The molecule has 0 aliphatic carbocycles. The minimum atomic E-state index is -0.0177. The number of amides is 2. The fraction of sp³-hybridized carbons (Fsp3) is 0.500. The Labute approximate surface area is 154 Å². The smallest absolute Gasteiger partial charge is 0.230 e. The van der Waals surface area contributed by atoms with E-state index in [9.17, 15) is 9.59 Å². The number of aromatic nitrogens is 3. The molecule has 0 aromatic carbocycles.